The lowest BCUT2D eigenvalue weighted by Gasteiger charge is -2.11. The number of aromatic nitrogens is 5. The third-order valence-electron chi connectivity index (χ3n) is 6.22. The third kappa shape index (κ3) is 6.19. The molecule has 0 aliphatic heterocycles. The summed E-state index contributed by atoms with van der Waals surface area (Å²) in [5.41, 5.74) is -0.965. The van der Waals surface area contributed by atoms with E-state index in [4.69, 9.17) is 16.3 Å². The Morgan fingerprint density at radius 1 is 1.12 bits per heavy atom. The third-order valence-corrected chi connectivity index (χ3v) is 7.45. The maximum atomic E-state index is 16.3. The first-order chi connectivity index (χ1) is 20.7. The maximum Gasteiger partial charge on any atom is 0.338 e. The first kappa shape index (κ1) is 29.3. The Labute approximate surface area is 251 Å². The number of carboxylic acid groups (broad SMARTS) is 1. The number of aromatic carboxylic acids is 1. The molecule has 0 bridgehead atoms. The normalized spacial score (nSPS) is 10.9. The number of nitrogens with one attached hydrogen (secondary N) is 1. The van der Waals surface area contributed by atoms with Crippen LogP contribution in [0.15, 0.2) is 72.0 Å². The fourth-order valence-electron chi connectivity index (χ4n) is 4.12. The van der Waals surface area contributed by atoms with Crippen molar-refractivity contribution in [3.05, 3.63) is 115 Å². The number of benzene rings is 1. The van der Waals surface area contributed by atoms with Gasteiger partial charge in [0, 0.05) is 34.5 Å². The predicted molar refractivity (Wildman–Crippen MR) is 154 cm³/mol. The second-order valence-electron chi connectivity index (χ2n) is 8.93. The highest BCUT2D eigenvalue weighted by Gasteiger charge is 2.28. The van der Waals surface area contributed by atoms with Gasteiger partial charge in [-0.05, 0) is 42.5 Å². The highest BCUT2D eigenvalue weighted by Crippen LogP contribution is 2.31. The summed E-state index contributed by atoms with van der Waals surface area (Å²) in [4.78, 5) is 59.1. The fourth-order valence-corrected chi connectivity index (χ4v) is 5.14. The largest absolute Gasteiger partial charge is 0.478 e. The van der Waals surface area contributed by atoms with Gasteiger partial charge >= 0.3 is 11.9 Å². The molecular formula is C28H20ClFN6O6S. The van der Waals surface area contributed by atoms with Crippen LogP contribution in [0.5, 0.6) is 0 Å². The van der Waals surface area contributed by atoms with Crippen molar-refractivity contribution >= 4 is 46.6 Å². The van der Waals surface area contributed by atoms with E-state index in [2.05, 4.69) is 20.4 Å². The van der Waals surface area contributed by atoms with Gasteiger partial charge in [-0.25, -0.2) is 23.9 Å². The molecule has 4 heterocycles. The summed E-state index contributed by atoms with van der Waals surface area (Å²) >= 11 is 7.27. The number of halogens is 2. The molecule has 0 unspecified atom stereocenters. The van der Waals surface area contributed by atoms with Crippen LogP contribution in [0.25, 0.3) is 11.3 Å². The molecule has 0 atom stereocenters. The molecular weight excluding hydrogens is 603 g/mol. The average molecular weight is 623 g/mol. The SMILES string of the molecule is COC(=O)c1cc(=O)n(Cc2ccncn2)cc1-c1nn(C(=O)c2ccc(C(=O)O)cc2)c(NCc2ccc(Cl)s2)c1F. The highest BCUT2D eigenvalue weighted by atomic mass is 35.5. The summed E-state index contributed by atoms with van der Waals surface area (Å²) in [6.45, 7) is 0.0407. The van der Waals surface area contributed by atoms with Gasteiger partial charge in [-0.3, -0.25) is 9.59 Å². The van der Waals surface area contributed by atoms with E-state index in [1.54, 1.807) is 18.2 Å². The standard InChI is InChI=1S/C28H20ClFN6O6S/c1-42-28(41)19-10-22(37)35(12-17-8-9-31-14-33-17)13-20(19)24-23(30)25(32-11-18-6-7-21(29)43-18)36(34-24)26(38)15-2-4-16(5-3-15)27(39)40/h2-10,13-14,32H,11-12H2,1H3,(H,39,40). The van der Waals surface area contributed by atoms with Crippen LogP contribution in [0.4, 0.5) is 10.2 Å². The number of ether oxygens (including phenoxy) is 1. The number of carbonyl (C=O) groups excluding carboxylic acids is 2. The van der Waals surface area contributed by atoms with Crippen LogP contribution in [0.3, 0.4) is 0 Å². The van der Waals surface area contributed by atoms with Crippen molar-refractivity contribution in [2.75, 3.05) is 12.4 Å². The van der Waals surface area contributed by atoms with Gasteiger partial charge in [-0.2, -0.15) is 9.78 Å². The number of pyridine rings is 1. The van der Waals surface area contributed by atoms with Crippen LogP contribution in [0, 0.1) is 5.82 Å². The van der Waals surface area contributed by atoms with E-state index >= 15 is 4.39 Å². The van der Waals surface area contributed by atoms with E-state index in [9.17, 15) is 24.3 Å². The molecule has 5 rings (SSSR count). The molecule has 0 amide bonds. The van der Waals surface area contributed by atoms with E-state index < -0.39 is 34.9 Å². The van der Waals surface area contributed by atoms with Crippen LogP contribution in [0.1, 0.15) is 41.6 Å². The van der Waals surface area contributed by atoms with Crippen LogP contribution >= 0.6 is 22.9 Å². The molecule has 0 aliphatic rings. The fraction of sp³-hybridized carbons (Fsp3) is 0.107. The van der Waals surface area contributed by atoms with Gasteiger partial charge in [0.2, 0.25) is 0 Å². The molecule has 0 saturated heterocycles. The van der Waals surface area contributed by atoms with E-state index in [-0.39, 0.29) is 41.2 Å². The highest BCUT2D eigenvalue weighted by molar-refractivity contribution is 7.16. The smallest absolute Gasteiger partial charge is 0.338 e. The zero-order chi connectivity index (χ0) is 30.7. The van der Waals surface area contributed by atoms with Crippen LogP contribution in [0.2, 0.25) is 4.34 Å². The summed E-state index contributed by atoms with van der Waals surface area (Å²) in [7, 11) is 1.11. The number of hydrogen-bond donors (Lipinski definition) is 2. The number of esters is 1. The van der Waals surface area contributed by atoms with E-state index in [0.717, 1.165) is 22.7 Å². The number of carboxylic acids is 1. The first-order valence-electron chi connectivity index (χ1n) is 12.4. The number of hydrogen-bond acceptors (Lipinski definition) is 10. The molecule has 5 aromatic rings. The minimum Gasteiger partial charge on any atom is -0.478 e. The summed E-state index contributed by atoms with van der Waals surface area (Å²) in [5, 5.41) is 16.3. The van der Waals surface area contributed by atoms with E-state index in [1.807, 2.05) is 0 Å². The van der Waals surface area contributed by atoms with Gasteiger partial charge in [-0.1, -0.05) is 11.6 Å². The average Bonchev–Trinajstić information content (AvgIpc) is 3.58. The molecule has 1 aromatic carbocycles. The Balaban J connectivity index is 1.65. The second-order valence-corrected chi connectivity index (χ2v) is 10.7. The van der Waals surface area contributed by atoms with Crippen molar-refractivity contribution in [3.63, 3.8) is 0 Å². The predicted octanol–water partition coefficient (Wildman–Crippen LogP) is 4.19. The van der Waals surface area contributed by atoms with E-state index in [1.165, 1.54) is 58.9 Å². The summed E-state index contributed by atoms with van der Waals surface area (Å²) < 4.78 is 23.6. The van der Waals surface area contributed by atoms with E-state index in [0.29, 0.717) is 10.0 Å². The summed E-state index contributed by atoms with van der Waals surface area (Å²) in [6.07, 6.45) is 4.03. The molecule has 12 nitrogen and oxygen atoms in total. The Kier molecular flexibility index (Phi) is 8.41. The minimum absolute atomic E-state index is 0.0168. The summed E-state index contributed by atoms with van der Waals surface area (Å²) in [5.74, 6) is -4.22. The van der Waals surface area contributed by atoms with Crippen LogP contribution < -0.4 is 10.9 Å². The quantitative estimate of drug-likeness (QED) is 0.228. The van der Waals surface area contributed by atoms with Crippen molar-refractivity contribution in [1.82, 2.24) is 24.3 Å². The molecule has 4 aromatic heterocycles. The Hall–Kier alpha value is -5.21. The van der Waals surface area contributed by atoms with Crippen molar-refractivity contribution in [2.24, 2.45) is 0 Å². The molecule has 0 fully saturated rings. The zero-order valence-corrected chi connectivity index (χ0v) is 23.7. The van der Waals surface area contributed by atoms with Crippen LogP contribution in [-0.2, 0) is 17.8 Å². The molecule has 43 heavy (non-hydrogen) atoms. The van der Waals surface area contributed by atoms with Gasteiger partial charge in [0.25, 0.3) is 11.5 Å². The van der Waals surface area contributed by atoms with Gasteiger partial charge in [0.1, 0.15) is 12.0 Å². The monoisotopic (exact) mass is 622 g/mol. The van der Waals surface area contributed by atoms with Gasteiger partial charge in [0.05, 0.1) is 41.4 Å². The van der Waals surface area contributed by atoms with Crippen molar-refractivity contribution < 1.29 is 28.6 Å². The number of nitrogens with zero attached hydrogens (tertiary/aromatic N) is 5. The molecule has 0 radical (unpaired) electrons. The molecule has 0 spiro atoms. The number of thiophene rings is 1. The van der Waals surface area contributed by atoms with Crippen LogP contribution in [-0.4, -0.2) is 54.4 Å². The zero-order valence-electron chi connectivity index (χ0n) is 22.2. The molecule has 2 N–H and O–H groups in total. The first-order valence-corrected chi connectivity index (χ1v) is 13.6. The molecule has 0 saturated carbocycles. The molecule has 0 aliphatic carbocycles. The lowest BCUT2D eigenvalue weighted by Crippen LogP contribution is -2.23. The number of carbonyl (C=O) groups is 3. The Bertz CT molecular complexity index is 1910. The lowest BCUT2D eigenvalue weighted by atomic mass is 10.1. The van der Waals surface area contributed by atoms with Crippen molar-refractivity contribution in [3.8, 4) is 11.3 Å². The second kappa shape index (κ2) is 12.3. The van der Waals surface area contributed by atoms with Gasteiger partial charge in [-0.15, -0.1) is 11.3 Å². The van der Waals surface area contributed by atoms with Gasteiger partial charge in [0.15, 0.2) is 11.6 Å². The number of methoxy groups -OCH3 is 1. The minimum atomic E-state index is -1.18. The summed E-state index contributed by atoms with van der Waals surface area (Å²) in [6, 6.07) is 11.0. The van der Waals surface area contributed by atoms with Crippen molar-refractivity contribution in [2.45, 2.75) is 13.1 Å². The number of anilines is 1. The number of rotatable bonds is 9. The lowest BCUT2D eigenvalue weighted by molar-refractivity contribution is 0.0600. The Morgan fingerprint density at radius 3 is 2.49 bits per heavy atom. The molecule has 15 heteroatoms. The maximum absolute atomic E-state index is 16.3. The Morgan fingerprint density at radius 2 is 1.86 bits per heavy atom. The van der Waals surface area contributed by atoms with Gasteiger partial charge < -0.3 is 19.7 Å². The van der Waals surface area contributed by atoms with Crippen molar-refractivity contribution in [1.29, 1.82) is 0 Å². The molecule has 218 valence electrons. The topological polar surface area (TPSA) is 158 Å².